The van der Waals surface area contributed by atoms with E-state index < -0.39 is 0 Å². The van der Waals surface area contributed by atoms with Gasteiger partial charge in [0.25, 0.3) is 0 Å². The van der Waals surface area contributed by atoms with Crippen LogP contribution in [0.25, 0.3) is 0 Å². The van der Waals surface area contributed by atoms with Crippen LogP contribution in [0.1, 0.15) is 25.7 Å². The van der Waals surface area contributed by atoms with Gasteiger partial charge in [0.05, 0.1) is 6.10 Å². The number of rotatable bonds is 0. The van der Waals surface area contributed by atoms with E-state index in [1.807, 2.05) is 0 Å². The molecule has 2 nitrogen and oxygen atoms in total. The van der Waals surface area contributed by atoms with Crippen LogP contribution in [0.2, 0.25) is 0 Å². The summed E-state index contributed by atoms with van der Waals surface area (Å²) in [5, 5.41) is 0. The number of hydrogen-bond donors (Lipinski definition) is 1. The lowest BCUT2D eigenvalue weighted by molar-refractivity contribution is 0.0593. The van der Waals surface area contributed by atoms with Crippen molar-refractivity contribution < 1.29 is 4.74 Å². The predicted octanol–water partition coefficient (Wildman–Crippen LogP) is 0.903. The van der Waals surface area contributed by atoms with Gasteiger partial charge in [0, 0.05) is 18.6 Å². The maximum Gasteiger partial charge on any atom is 0.0618 e. The molecule has 2 fully saturated rings. The third kappa shape index (κ3) is 0.956. The molecule has 0 aromatic carbocycles. The van der Waals surface area contributed by atoms with Gasteiger partial charge in [0.15, 0.2) is 0 Å². The van der Waals surface area contributed by atoms with Crippen molar-refractivity contribution in [2.75, 3.05) is 6.61 Å². The van der Waals surface area contributed by atoms with Crippen molar-refractivity contribution in [1.29, 1.82) is 0 Å². The molecule has 0 amide bonds. The van der Waals surface area contributed by atoms with Crippen molar-refractivity contribution in [2.24, 2.45) is 11.7 Å². The summed E-state index contributed by atoms with van der Waals surface area (Å²) < 4.78 is 5.55. The molecule has 0 radical (unpaired) electrons. The Balaban J connectivity index is 2.03. The van der Waals surface area contributed by atoms with Gasteiger partial charge in [-0.05, 0) is 25.7 Å². The lowest BCUT2D eigenvalue weighted by Crippen LogP contribution is -2.38. The maximum absolute atomic E-state index is 5.94. The average Bonchev–Trinajstić information content (AvgIpc) is 2.36. The minimum Gasteiger partial charge on any atom is -0.378 e. The summed E-state index contributed by atoms with van der Waals surface area (Å²) in [6.45, 7) is 0.947. The normalized spacial score (nSPS) is 47.1. The molecule has 0 bridgehead atoms. The molecular formula is C8H15NO. The fourth-order valence-corrected chi connectivity index (χ4v) is 2.22. The summed E-state index contributed by atoms with van der Waals surface area (Å²) in [6.07, 6.45) is 5.44. The molecule has 3 atom stereocenters. The van der Waals surface area contributed by atoms with Gasteiger partial charge < -0.3 is 10.5 Å². The zero-order valence-electron chi connectivity index (χ0n) is 6.25. The highest BCUT2D eigenvalue weighted by atomic mass is 16.5. The van der Waals surface area contributed by atoms with E-state index in [-0.39, 0.29) is 0 Å². The molecule has 58 valence electrons. The number of ether oxygens (including phenoxy) is 1. The smallest absolute Gasteiger partial charge is 0.0618 e. The highest BCUT2D eigenvalue weighted by Crippen LogP contribution is 2.33. The van der Waals surface area contributed by atoms with Crippen LogP contribution < -0.4 is 5.73 Å². The molecule has 0 unspecified atom stereocenters. The molecule has 10 heavy (non-hydrogen) atoms. The Kier molecular flexibility index (Phi) is 1.66. The van der Waals surface area contributed by atoms with Crippen LogP contribution in [0.4, 0.5) is 0 Å². The van der Waals surface area contributed by atoms with Crippen molar-refractivity contribution in [1.82, 2.24) is 0 Å². The summed E-state index contributed by atoms with van der Waals surface area (Å²) in [5.41, 5.74) is 5.94. The van der Waals surface area contributed by atoms with Crippen LogP contribution in [-0.2, 0) is 4.74 Å². The SMILES string of the molecule is N[C@@H]1CCC[C@H]2OCC[C@@H]12. The van der Waals surface area contributed by atoms with Gasteiger partial charge in [-0.3, -0.25) is 0 Å². The average molecular weight is 141 g/mol. The lowest BCUT2D eigenvalue weighted by Gasteiger charge is -2.29. The molecule has 1 heterocycles. The zero-order valence-corrected chi connectivity index (χ0v) is 6.25. The van der Waals surface area contributed by atoms with Crippen molar-refractivity contribution >= 4 is 0 Å². The first kappa shape index (κ1) is 6.62. The first-order chi connectivity index (χ1) is 4.88. The quantitative estimate of drug-likeness (QED) is 0.544. The maximum atomic E-state index is 5.94. The Bertz CT molecular complexity index is 126. The Morgan fingerprint density at radius 3 is 2.90 bits per heavy atom. The van der Waals surface area contributed by atoms with Gasteiger partial charge in [-0.2, -0.15) is 0 Å². The standard InChI is InChI=1S/C8H15NO/c9-7-2-1-3-8-6(7)4-5-10-8/h6-8H,1-5,9H2/t6-,7+,8+/m0/s1. The second kappa shape index (κ2) is 2.51. The predicted molar refractivity (Wildman–Crippen MR) is 39.7 cm³/mol. The minimum atomic E-state index is 0.432. The van der Waals surface area contributed by atoms with E-state index in [2.05, 4.69) is 0 Å². The Labute approximate surface area is 61.7 Å². The molecular weight excluding hydrogens is 126 g/mol. The summed E-state index contributed by atoms with van der Waals surface area (Å²) in [4.78, 5) is 0. The van der Waals surface area contributed by atoms with Gasteiger partial charge in [-0.25, -0.2) is 0 Å². The molecule has 1 saturated carbocycles. The van der Waals surface area contributed by atoms with Crippen LogP contribution in [0.15, 0.2) is 0 Å². The van der Waals surface area contributed by atoms with E-state index in [4.69, 9.17) is 10.5 Å². The van der Waals surface area contributed by atoms with E-state index in [0.29, 0.717) is 18.1 Å². The van der Waals surface area contributed by atoms with Gasteiger partial charge in [0.2, 0.25) is 0 Å². The summed E-state index contributed by atoms with van der Waals surface area (Å²) in [6, 6.07) is 0.432. The topological polar surface area (TPSA) is 35.2 Å². The molecule has 0 spiro atoms. The third-order valence-corrected chi connectivity index (χ3v) is 2.84. The highest BCUT2D eigenvalue weighted by Gasteiger charge is 2.35. The van der Waals surface area contributed by atoms with Crippen LogP contribution in [-0.4, -0.2) is 18.8 Å². The summed E-state index contributed by atoms with van der Waals surface area (Å²) >= 11 is 0. The molecule has 2 heteroatoms. The van der Waals surface area contributed by atoms with Gasteiger partial charge in [0.1, 0.15) is 0 Å². The number of hydrogen-bond acceptors (Lipinski definition) is 2. The second-order valence-electron chi connectivity index (χ2n) is 3.46. The summed E-state index contributed by atoms with van der Waals surface area (Å²) in [5.74, 6) is 0.689. The van der Waals surface area contributed by atoms with Crippen molar-refractivity contribution in [3.63, 3.8) is 0 Å². The molecule has 1 saturated heterocycles. The minimum absolute atomic E-state index is 0.432. The molecule has 1 aliphatic heterocycles. The van der Waals surface area contributed by atoms with E-state index in [0.717, 1.165) is 6.61 Å². The van der Waals surface area contributed by atoms with Gasteiger partial charge >= 0.3 is 0 Å². The summed E-state index contributed by atoms with van der Waals surface area (Å²) in [7, 11) is 0. The van der Waals surface area contributed by atoms with Gasteiger partial charge in [-0.1, -0.05) is 0 Å². The van der Waals surface area contributed by atoms with Crippen LogP contribution in [0, 0.1) is 5.92 Å². The Morgan fingerprint density at radius 2 is 2.10 bits per heavy atom. The third-order valence-electron chi connectivity index (χ3n) is 2.84. The van der Waals surface area contributed by atoms with E-state index in [1.165, 1.54) is 25.7 Å². The lowest BCUT2D eigenvalue weighted by atomic mass is 9.82. The largest absolute Gasteiger partial charge is 0.378 e. The molecule has 0 aromatic rings. The van der Waals surface area contributed by atoms with Crippen molar-refractivity contribution in [2.45, 2.75) is 37.8 Å². The Morgan fingerprint density at radius 1 is 1.20 bits per heavy atom. The van der Waals surface area contributed by atoms with E-state index in [9.17, 15) is 0 Å². The molecule has 2 aliphatic rings. The monoisotopic (exact) mass is 141 g/mol. The van der Waals surface area contributed by atoms with Crippen LogP contribution in [0.5, 0.6) is 0 Å². The van der Waals surface area contributed by atoms with Crippen molar-refractivity contribution in [3.8, 4) is 0 Å². The molecule has 0 aromatic heterocycles. The molecule has 2 N–H and O–H groups in total. The van der Waals surface area contributed by atoms with Crippen LogP contribution >= 0.6 is 0 Å². The fourth-order valence-electron chi connectivity index (χ4n) is 2.22. The van der Waals surface area contributed by atoms with Gasteiger partial charge in [-0.15, -0.1) is 0 Å². The fraction of sp³-hybridized carbons (Fsp3) is 1.00. The van der Waals surface area contributed by atoms with Crippen LogP contribution in [0.3, 0.4) is 0 Å². The number of fused-ring (bicyclic) bond motifs is 1. The Hall–Kier alpha value is -0.0800. The zero-order chi connectivity index (χ0) is 6.97. The first-order valence-electron chi connectivity index (χ1n) is 4.25. The van der Waals surface area contributed by atoms with E-state index in [1.54, 1.807) is 0 Å². The number of nitrogens with two attached hydrogens (primary N) is 1. The molecule has 2 rings (SSSR count). The first-order valence-corrected chi connectivity index (χ1v) is 4.25. The van der Waals surface area contributed by atoms with Crippen molar-refractivity contribution in [3.05, 3.63) is 0 Å². The van der Waals surface area contributed by atoms with E-state index >= 15 is 0 Å². The molecule has 1 aliphatic carbocycles. The second-order valence-corrected chi connectivity index (χ2v) is 3.46. The highest BCUT2D eigenvalue weighted by molar-refractivity contribution is 4.88.